The summed E-state index contributed by atoms with van der Waals surface area (Å²) < 4.78 is 31.0. The SMILES string of the molecule is O=C(/C=C/c1ccc(N2CCCS2(=O)=O)cc1)N(Cc1ccccc1)Cc1ccco1. The van der Waals surface area contributed by atoms with E-state index in [-0.39, 0.29) is 11.7 Å². The fourth-order valence-corrected chi connectivity index (χ4v) is 5.12. The molecule has 6 nitrogen and oxygen atoms in total. The normalized spacial score (nSPS) is 15.4. The Balaban J connectivity index is 1.47. The van der Waals surface area contributed by atoms with Gasteiger partial charge in [-0.2, -0.15) is 0 Å². The summed E-state index contributed by atoms with van der Waals surface area (Å²) >= 11 is 0. The molecule has 1 saturated heterocycles. The lowest BCUT2D eigenvalue weighted by Crippen LogP contribution is -2.28. The fourth-order valence-electron chi connectivity index (χ4n) is 3.56. The van der Waals surface area contributed by atoms with Crippen molar-refractivity contribution in [2.75, 3.05) is 16.6 Å². The Morgan fingerprint density at radius 2 is 1.77 bits per heavy atom. The van der Waals surface area contributed by atoms with Crippen LogP contribution in [0.15, 0.2) is 83.5 Å². The minimum Gasteiger partial charge on any atom is -0.467 e. The molecule has 0 atom stereocenters. The number of carbonyl (C=O) groups is 1. The largest absolute Gasteiger partial charge is 0.467 e. The molecule has 0 bridgehead atoms. The summed E-state index contributed by atoms with van der Waals surface area (Å²) in [6, 6.07) is 20.6. The number of anilines is 1. The van der Waals surface area contributed by atoms with Crippen LogP contribution in [0.2, 0.25) is 0 Å². The monoisotopic (exact) mass is 436 g/mol. The first-order valence-electron chi connectivity index (χ1n) is 10.1. The third-order valence-corrected chi connectivity index (χ3v) is 7.02. The van der Waals surface area contributed by atoms with Crippen molar-refractivity contribution in [3.63, 3.8) is 0 Å². The number of furan rings is 1. The Kier molecular flexibility index (Phi) is 6.23. The summed E-state index contributed by atoms with van der Waals surface area (Å²) in [7, 11) is -3.20. The quantitative estimate of drug-likeness (QED) is 0.524. The second-order valence-electron chi connectivity index (χ2n) is 7.43. The summed E-state index contributed by atoms with van der Waals surface area (Å²) in [5.74, 6) is 0.774. The summed E-state index contributed by atoms with van der Waals surface area (Å²) in [6.07, 6.45) is 5.52. The summed E-state index contributed by atoms with van der Waals surface area (Å²) in [5, 5.41) is 0. The molecule has 0 unspecified atom stereocenters. The molecule has 2 aromatic carbocycles. The fraction of sp³-hybridized carbons (Fsp3) is 0.208. The number of hydrogen-bond acceptors (Lipinski definition) is 4. The average molecular weight is 437 g/mol. The molecular weight excluding hydrogens is 412 g/mol. The predicted octanol–water partition coefficient (Wildman–Crippen LogP) is 4.06. The molecular formula is C24H24N2O4S. The van der Waals surface area contributed by atoms with Crippen LogP contribution in [0.4, 0.5) is 5.69 Å². The van der Waals surface area contributed by atoms with E-state index in [1.807, 2.05) is 48.5 Å². The van der Waals surface area contributed by atoms with Gasteiger partial charge >= 0.3 is 0 Å². The van der Waals surface area contributed by atoms with Gasteiger partial charge in [0.1, 0.15) is 5.76 Å². The van der Waals surface area contributed by atoms with Gasteiger partial charge in [0.15, 0.2) is 0 Å². The first kappa shape index (κ1) is 20.9. The number of amides is 1. The lowest BCUT2D eigenvalue weighted by atomic mass is 10.1. The maximum absolute atomic E-state index is 12.9. The van der Waals surface area contributed by atoms with Gasteiger partial charge in [0.2, 0.25) is 15.9 Å². The predicted molar refractivity (Wildman–Crippen MR) is 121 cm³/mol. The van der Waals surface area contributed by atoms with E-state index in [9.17, 15) is 13.2 Å². The van der Waals surface area contributed by atoms with Crippen molar-refractivity contribution < 1.29 is 17.6 Å². The number of rotatable bonds is 7. The van der Waals surface area contributed by atoms with E-state index >= 15 is 0 Å². The molecule has 0 N–H and O–H groups in total. The molecule has 1 aliphatic rings. The lowest BCUT2D eigenvalue weighted by Gasteiger charge is -2.20. The third kappa shape index (κ3) is 5.24. The van der Waals surface area contributed by atoms with Crippen molar-refractivity contribution in [2.45, 2.75) is 19.5 Å². The highest BCUT2D eigenvalue weighted by atomic mass is 32.2. The van der Waals surface area contributed by atoms with E-state index in [2.05, 4.69) is 0 Å². The molecule has 4 rings (SSSR count). The molecule has 160 valence electrons. The Morgan fingerprint density at radius 3 is 2.42 bits per heavy atom. The molecule has 0 spiro atoms. The van der Waals surface area contributed by atoms with Gasteiger partial charge in [0.25, 0.3) is 0 Å². The van der Waals surface area contributed by atoms with Crippen molar-refractivity contribution >= 4 is 27.7 Å². The zero-order valence-corrected chi connectivity index (χ0v) is 17.9. The van der Waals surface area contributed by atoms with Crippen LogP contribution in [0, 0.1) is 0 Å². The number of benzene rings is 2. The Morgan fingerprint density at radius 1 is 1.00 bits per heavy atom. The minimum absolute atomic E-state index is 0.133. The third-order valence-electron chi connectivity index (χ3n) is 5.15. The van der Waals surface area contributed by atoms with E-state index in [1.54, 1.807) is 35.4 Å². The topological polar surface area (TPSA) is 70.8 Å². The van der Waals surface area contributed by atoms with Crippen LogP contribution in [0.5, 0.6) is 0 Å². The minimum atomic E-state index is -3.20. The average Bonchev–Trinajstić information content (AvgIpc) is 3.41. The molecule has 31 heavy (non-hydrogen) atoms. The van der Waals surface area contributed by atoms with E-state index in [4.69, 9.17) is 4.42 Å². The van der Waals surface area contributed by atoms with E-state index < -0.39 is 10.0 Å². The second-order valence-corrected chi connectivity index (χ2v) is 9.44. The zero-order valence-electron chi connectivity index (χ0n) is 17.1. The maximum Gasteiger partial charge on any atom is 0.247 e. The van der Waals surface area contributed by atoms with Crippen LogP contribution >= 0.6 is 0 Å². The van der Waals surface area contributed by atoms with Crippen LogP contribution in [-0.2, 0) is 27.9 Å². The molecule has 1 aromatic heterocycles. The molecule has 0 aliphatic carbocycles. The van der Waals surface area contributed by atoms with Crippen LogP contribution in [0.25, 0.3) is 6.08 Å². The van der Waals surface area contributed by atoms with Crippen molar-refractivity contribution in [1.82, 2.24) is 4.90 Å². The van der Waals surface area contributed by atoms with Gasteiger partial charge in [0, 0.05) is 19.2 Å². The molecule has 0 saturated carbocycles. The Bertz CT molecular complexity index is 1140. The van der Waals surface area contributed by atoms with Crippen molar-refractivity contribution in [2.24, 2.45) is 0 Å². The van der Waals surface area contributed by atoms with Gasteiger partial charge in [0.05, 0.1) is 24.2 Å². The van der Waals surface area contributed by atoms with Gasteiger partial charge in [-0.3, -0.25) is 9.10 Å². The number of hydrogen-bond donors (Lipinski definition) is 0. The molecule has 1 fully saturated rings. The highest BCUT2D eigenvalue weighted by Gasteiger charge is 2.28. The smallest absolute Gasteiger partial charge is 0.247 e. The van der Waals surface area contributed by atoms with Gasteiger partial charge in [-0.25, -0.2) is 8.42 Å². The van der Waals surface area contributed by atoms with Crippen LogP contribution < -0.4 is 4.31 Å². The number of carbonyl (C=O) groups excluding carboxylic acids is 1. The van der Waals surface area contributed by atoms with Gasteiger partial charge in [-0.1, -0.05) is 42.5 Å². The van der Waals surface area contributed by atoms with Crippen molar-refractivity contribution in [3.8, 4) is 0 Å². The van der Waals surface area contributed by atoms with E-state index in [1.165, 1.54) is 10.4 Å². The van der Waals surface area contributed by atoms with Crippen LogP contribution in [0.3, 0.4) is 0 Å². The summed E-state index contributed by atoms with van der Waals surface area (Å²) in [6.45, 7) is 1.35. The molecule has 1 amide bonds. The van der Waals surface area contributed by atoms with E-state index in [0.717, 1.165) is 11.1 Å². The van der Waals surface area contributed by atoms with Crippen LogP contribution in [-0.4, -0.2) is 31.5 Å². The molecule has 7 heteroatoms. The number of sulfonamides is 1. The highest BCUT2D eigenvalue weighted by molar-refractivity contribution is 7.93. The van der Waals surface area contributed by atoms with Gasteiger partial charge in [-0.15, -0.1) is 0 Å². The second kappa shape index (κ2) is 9.22. The zero-order chi connectivity index (χ0) is 21.7. The van der Waals surface area contributed by atoms with Crippen LogP contribution in [0.1, 0.15) is 23.3 Å². The summed E-state index contributed by atoms with van der Waals surface area (Å²) in [4.78, 5) is 14.6. The Hall–Kier alpha value is -3.32. The molecule has 3 aromatic rings. The van der Waals surface area contributed by atoms with E-state index in [0.29, 0.717) is 37.5 Å². The standard InChI is InChI=1S/C24H24N2O4S/c27-24(25(19-23-8-4-16-30-23)18-21-6-2-1-3-7-21)14-11-20-9-12-22(13-10-20)26-15-5-17-31(26,28)29/h1-4,6-14,16H,5,15,17-19H2/b14-11+. The first-order valence-corrected chi connectivity index (χ1v) is 11.8. The molecule has 0 radical (unpaired) electrons. The number of nitrogens with zero attached hydrogens (tertiary/aromatic N) is 2. The first-order chi connectivity index (χ1) is 15.0. The highest BCUT2D eigenvalue weighted by Crippen LogP contribution is 2.24. The molecule has 1 aliphatic heterocycles. The maximum atomic E-state index is 12.9. The van der Waals surface area contributed by atoms with Gasteiger partial charge in [-0.05, 0) is 47.9 Å². The lowest BCUT2D eigenvalue weighted by molar-refractivity contribution is -0.127. The van der Waals surface area contributed by atoms with Crippen molar-refractivity contribution in [1.29, 1.82) is 0 Å². The molecule has 2 heterocycles. The van der Waals surface area contributed by atoms with Crippen molar-refractivity contribution in [3.05, 3.63) is 96.0 Å². The van der Waals surface area contributed by atoms with Gasteiger partial charge < -0.3 is 9.32 Å². The Labute approximate surface area is 182 Å². The summed E-state index contributed by atoms with van der Waals surface area (Å²) in [5.41, 5.74) is 2.52.